The number of hydrogen-bond donors (Lipinski definition) is 1. The van der Waals surface area contributed by atoms with Crippen LogP contribution in [0.3, 0.4) is 0 Å². The quantitative estimate of drug-likeness (QED) is 0.885. The topological polar surface area (TPSA) is 92.8 Å². The van der Waals surface area contributed by atoms with E-state index in [9.17, 15) is 18.0 Å². The Morgan fingerprint density at radius 1 is 1.12 bits per heavy atom. The first-order valence-electron chi connectivity index (χ1n) is 7.90. The smallest absolute Gasteiger partial charge is 0.267 e. The molecule has 26 heavy (non-hydrogen) atoms. The van der Waals surface area contributed by atoms with Crippen molar-refractivity contribution in [1.82, 2.24) is 0 Å². The average molecular weight is 374 g/mol. The minimum atomic E-state index is -3.30. The molecule has 8 heteroatoms. The van der Waals surface area contributed by atoms with Crippen molar-refractivity contribution in [2.75, 3.05) is 23.0 Å². The molecule has 1 N–H and O–H groups in total. The summed E-state index contributed by atoms with van der Waals surface area (Å²) in [5.41, 5.74) is 1.07. The van der Waals surface area contributed by atoms with Crippen molar-refractivity contribution in [2.45, 2.75) is 17.9 Å². The van der Waals surface area contributed by atoms with Crippen molar-refractivity contribution < 1.29 is 22.7 Å². The predicted molar refractivity (Wildman–Crippen MR) is 97.1 cm³/mol. The van der Waals surface area contributed by atoms with Gasteiger partial charge < -0.3 is 15.0 Å². The second kappa shape index (κ2) is 6.80. The Bertz CT molecular complexity index is 954. The van der Waals surface area contributed by atoms with Crippen LogP contribution in [-0.4, -0.2) is 39.1 Å². The number of nitrogens with zero attached hydrogens (tertiary/aromatic N) is 1. The van der Waals surface area contributed by atoms with Crippen LogP contribution in [-0.2, 0) is 19.4 Å². The number of nitrogens with one attached hydrogen (secondary N) is 1. The minimum Gasteiger partial charge on any atom is -0.476 e. The van der Waals surface area contributed by atoms with Gasteiger partial charge in [0, 0.05) is 18.9 Å². The number of ether oxygens (including phenoxy) is 1. The first kappa shape index (κ1) is 17.9. The van der Waals surface area contributed by atoms with E-state index in [1.807, 2.05) is 0 Å². The molecule has 0 aromatic heterocycles. The van der Waals surface area contributed by atoms with Crippen molar-refractivity contribution in [3.05, 3.63) is 48.5 Å². The van der Waals surface area contributed by atoms with Gasteiger partial charge in [0.2, 0.25) is 5.91 Å². The Labute approximate surface area is 151 Å². The lowest BCUT2D eigenvalue weighted by atomic mass is 10.1. The number of rotatable bonds is 3. The van der Waals surface area contributed by atoms with Gasteiger partial charge in [0.15, 0.2) is 15.9 Å². The largest absolute Gasteiger partial charge is 0.476 e. The van der Waals surface area contributed by atoms with E-state index in [4.69, 9.17) is 4.74 Å². The van der Waals surface area contributed by atoms with E-state index in [-0.39, 0.29) is 17.3 Å². The zero-order valence-corrected chi connectivity index (χ0v) is 15.1. The summed E-state index contributed by atoms with van der Waals surface area (Å²) in [4.78, 5) is 26.1. The van der Waals surface area contributed by atoms with Gasteiger partial charge in [-0.3, -0.25) is 9.59 Å². The first-order chi connectivity index (χ1) is 12.3. The molecule has 1 heterocycles. The van der Waals surface area contributed by atoms with Gasteiger partial charge in [-0.15, -0.1) is 0 Å². The third-order valence-corrected chi connectivity index (χ3v) is 5.12. The maximum absolute atomic E-state index is 12.5. The summed E-state index contributed by atoms with van der Waals surface area (Å²) in [7, 11) is -3.30. The predicted octanol–water partition coefficient (Wildman–Crippen LogP) is 1.84. The van der Waals surface area contributed by atoms with Crippen molar-refractivity contribution in [3.8, 4) is 5.75 Å². The number of anilines is 2. The molecule has 1 aliphatic heterocycles. The van der Waals surface area contributed by atoms with Gasteiger partial charge in [0.25, 0.3) is 5.91 Å². The van der Waals surface area contributed by atoms with Gasteiger partial charge in [0.1, 0.15) is 5.75 Å². The zero-order chi connectivity index (χ0) is 18.9. The van der Waals surface area contributed by atoms with E-state index in [0.717, 1.165) is 6.26 Å². The van der Waals surface area contributed by atoms with Crippen LogP contribution < -0.4 is 15.0 Å². The summed E-state index contributed by atoms with van der Waals surface area (Å²) in [5, 5.41) is 2.68. The van der Waals surface area contributed by atoms with Gasteiger partial charge in [0.05, 0.1) is 17.1 Å². The number of benzene rings is 2. The number of sulfone groups is 1. The highest BCUT2D eigenvalue weighted by Crippen LogP contribution is 2.33. The SMILES string of the molecule is CC(=O)N1C[C@H](C(=O)Nc2ccc(S(C)(=O)=O)cc2)Oc2ccccc21. The molecule has 0 radical (unpaired) electrons. The second-order valence-electron chi connectivity index (χ2n) is 5.99. The van der Waals surface area contributed by atoms with Gasteiger partial charge >= 0.3 is 0 Å². The fraction of sp³-hybridized carbons (Fsp3) is 0.222. The Kier molecular flexibility index (Phi) is 4.69. The highest BCUT2D eigenvalue weighted by Gasteiger charge is 2.32. The van der Waals surface area contributed by atoms with E-state index in [1.165, 1.54) is 36.1 Å². The molecule has 136 valence electrons. The standard InChI is InChI=1S/C18H18N2O5S/c1-12(21)20-11-17(25-16-6-4-3-5-15(16)20)18(22)19-13-7-9-14(10-8-13)26(2,23)24/h3-10,17H,11H2,1-2H3,(H,19,22)/t17-/m1/s1. The van der Waals surface area contributed by atoms with Gasteiger partial charge in [-0.2, -0.15) is 0 Å². The average Bonchev–Trinajstić information content (AvgIpc) is 2.60. The van der Waals surface area contributed by atoms with Gasteiger partial charge in [-0.25, -0.2) is 8.42 Å². The Hall–Kier alpha value is -2.87. The van der Waals surface area contributed by atoms with E-state index in [0.29, 0.717) is 17.1 Å². The molecule has 0 unspecified atom stereocenters. The normalized spacial score (nSPS) is 16.4. The van der Waals surface area contributed by atoms with Crippen molar-refractivity contribution in [3.63, 3.8) is 0 Å². The monoisotopic (exact) mass is 374 g/mol. The molecular weight excluding hydrogens is 356 g/mol. The number of para-hydroxylation sites is 2. The Morgan fingerprint density at radius 2 is 1.77 bits per heavy atom. The summed E-state index contributed by atoms with van der Waals surface area (Å²) < 4.78 is 28.7. The van der Waals surface area contributed by atoms with E-state index in [2.05, 4.69) is 5.32 Å². The van der Waals surface area contributed by atoms with Crippen LogP contribution in [0.2, 0.25) is 0 Å². The van der Waals surface area contributed by atoms with Crippen LogP contribution in [0.1, 0.15) is 6.92 Å². The summed E-state index contributed by atoms with van der Waals surface area (Å²) in [5.74, 6) is -0.143. The van der Waals surface area contributed by atoms with Crippen LogP contribution in [0.5, 0.6) is 5.75 Å². The van der Waals surface area contributed by atoms with Crippen LogP contribution in [0.4, 0.5) is 11.4 Å². The molecule has 0 saturated carbocycles. The number of amides is 2. The second-order valence-corrected chi connectivity index (χ2v) is 8.01. The number of carbonyl (C=O) groups is 2. The molecule has 0 aliphatic carbocycles. The van der Waals surface area contributed by atoms with Crippen LogP contribution in [0.15, 0.2) is 53.4 Å². The lowest BCUT2D eigenvalue weighted by molar-refractivity contribution is -0.123. The first-order valence-corrected chi connectivity index (χ1v) is 9.79. The summed E-state index contributed by atoms with van der Waals surface area (Å²) >= 11 is 0. The lowest BCUT2D eigenvalue weighted by Crippen LogP contribution is -2.48. The summed E-state index contributed by atoms with van der Waals surface area (Å²) in [6.45, 7) is 1.53. The molecule has 2 aromatic carbocycles. The summed E-state index contributed by atoms with van der Waals surface area (Å²) in [6, 6.07) is 12.9. The molecule has 2 amide bonds. The lowest BCUT2D eigenvalue weighted by Gasteiger charge is -2.33. The maximum atomic E-state index is 12.5. The fourth-order valence-electron chi connectivity index (χ4n) is 2.68. The van der Waals surface area contributed by atoms with Crippen molar-refractivity contribution in [1.29, 1.82) is 0 Å². The highest BCUT2D eigenvalue weighted by atomic mass is 32.2. The van der Waals surface area contributed by atoms with Crippen molar-refractivity contribution >= 4 is 33.0 Å². The molecule has 1 atom stereocenters. The number of fused-ring (bicyclic) bond motifs is 1. The van der Waals surface area contributed by atoms with E-state index < -0.39 is 21.8 Å². The van der Waals surface area contributed by atoms with Crippen LogP contribution >= 0.6 is 0 Å². The number of hydrogen-bond acceptors (Lipinski definition) is 5. The van der Waals surface area contributed by atoms with Crippen LogP contribution in [0, 0.1) is 0 Å². The fourth-order valence-corrected chi connectivity index (χ4v) is 3.31. The van der Waals surface area contributed by atoms with Gasteiger partial charge in [-0.1, -0.05) is 12.1 Å². The van der Waals surface area contributed by atoms with E-state index >= 15 is 0 Å². The van der Waals surface area contributed by atoms with Crippen molar-refractivity contribution in [2.24, 2.45) is 0 Å². The Morgan fingerprint density at radius 3 is 2.38 bits per heavy atom. The minimum absolute atomic E-state index is 0.0968. The molecule has 7 nitrogen and oxygen atoms in total. The van der Waals surface area contributed by atoms with Crippen LogP contribution in [0.25, 0.3) is 0 Å². The molecule has 0 spiro atoms. The molecule has 0 saturated heterocycles. The third-order valence-electron chi connectivity index (χ3n) is 4.00. The maximum Gasteiger partial charge on any atom is 0.267 e. The zero-order valence-electron chi connectivity index (χ0n) is 14.3. The third kappa shape index (κ3) is 3.70. The molecule has 0 fully saturated rings. The summed E-state index contributed by atoms with van der Waals surface area (Å²) in [6.07, 6.45) is 0.243. The molecule has 3 rings (SSSR count). The molecule has 1 aliphatic rings. The molecule has 0 bridgehead atoms. The molecular formula is C18H18N2O5S. The van der Waals surface area contributed by atoms with Gasteiger partial charge in [-0.05, 0) is 36.4 Å². The highest BCUT2D eigenvalue weighted by molar-refractivity contribution is 7.90. The van der Waals surface area contributed by atoms with E-state index in [1.54, 1.807) is 24.3 Å². The molecule has 2 aromatic rings. The number of carbonyl (C=O) groups excluding carboxylic acids is 2. The Balaban J connectivity index is 1.77.